The number of rotatable bonds is 7. The van der Waals surface area contributed by atoms with Crippen molar-refractivity contribution in [3.8, 4) is 28.5 Å². The highest BCUT2D eigenvalue weighted by molar-refractivity contribution is 5.85. The molecule has 1 aromatic heterocycles. The SMILES string of the molecule is COc1ccc(-c2c[n+](CC([O-])=Nc3ccc(Oc4ccccc4)cc3)c3n2CCC3)cc1.Cl. The number of hydrogen-bond donors (Lipinski definition) is 0. The van der Waals surface area contributed by atoms with Gasteiger partial charge in [0.15, 0.2) is 5.69 Å². The molecule has 1 aliphatic heterocycles. The maximum atomic E-state index is 12.7. The summed E-state index contributed by atoms with van der Waals surface area (Å²) in [6.45, 7) is 1.17. The summed E-state index contributed by atoms with van der Waals surface area (Å²) in [5.41, 5.74) is 2.84. The van der Waals surface area contributed by atoms with Crippen molar-refractivity contribution in [1.29, 1.82) is 0 Å². The van der Waals surface area contributed by atoms with Crippen molar-refractivity contribution in [3.05, 3.63) is 90.9 Å². The van der Waals surface area contributed by atoms with E-state index < -0.39 is 0 Å². The van der Waals surface area contributed by atoms with Crippen LogP contribution in [0, 0.1) is 0 Å². The second kappa shape index (κ2) is 10.4. The number of aliphatic imine (C=N–C) groups is 1. The lowest BCUT2D eigenvalue weighted by atomic mass is 10.1. The van der Waals surface area contributed by atoms with Crippen LogP contribution in [0.5, 0.6) is 17.2 Å². The van der Waals surface area contributed by atoms with Crippen LogP contribution in [-0.2, 0) is 19.5 Å². The first kappa shape index (κ1) is 23.4. The summed E-state index contributed by atoms with van der Waals surface area (Å²) in [4.78, 5) is 4.29. The van der Waals surface area contributed by atoms with Crippen LogP contribution in [0.2, 0.25) is 0 Å². The highest BCUT2D eigenvalue weighted by Gasteiger charge is 2.28. The van der Waals surface area contributed by atoms with Gasteiger partial charge in [-0.2, -0.15) is 0 Å². The van der Waals surface area contributed by atoms with E-state index in [2.05, 4.69) is 27.9 Å². The molecule has 0 N–H and O–H groups in total. The molecule has 3 aromatic carbocycles. The Labute approximate surface area is 205 Å². The van der Waals surface area contributed by atoms with E-state index in [1.807, 2.05) is 59.2 Å². The van der Waals surface area contributed by atoms with Crippen LogP contribution in [0.25, 0.3) is 11.3 Å². The average Bonchev–Trinajstić information content (AvgIpc) is 3.45. The number of hydrogen-bond acceptors (Lipinski definition) is 4. The molecule has 174 valence electrons. The number of ether oxygens (including phenoxy) is 2. The lowest BCUT2D eigenvalue weighted by molar-refractivity contribution is -0.693. The molecule has 7 heteroatoms. The third-order valence-electron chi connectivity index (χ3n) is 5.75. The summed E-state index contributed by atoms with van der Waals surface area (Å²) in [5, 5.41) is 12.7. The molecular weight excluding hydrogens is 450 g/mol. The molecule has 0 fully saturated rings. The van der Waals surface area contributed by atoms with Crippen molar-refractivity contribution in [1.82, 2.24) is 4.57 Å². The van der Waals surface area contributed by atoms with Crippen LogP contribution in [0.1, 0.15) is 12.2 Å². The lowest BCUT2D eigenvalue weighted by Crippen LogP contribution is -2.43. The van der Waals surface area contributed by atoms with Crippen LogP contribution in [0.4, 0.5) is 5.69 Å². The first-order chi connectivity index (χ1) is 16.2. The van der Waals surface area contributed by atoms with Crippen molar-refractivity contribution in [2.45, 2.75) is 25.9 Å². The van der Waals surface area contributed by atoms with Gasteiger partial charge in [-0.25, -0.2) is 9.13 Å². The molecule has 5 rings (SSSR count). The Kier molecular flexibility index (Phi) is 7.18. The number of benzene rings is 3. The third-order valence-corrected chi connectivity index (χ3v) is 5.75. The lowest BCUT2D eigenvalue weighted by Gasteiger charge is -2.10. The fraction of sp³-hybridized carbons (Fsp3) is 0.185. The molecule has 0 unspecified atom stereocenters. The minimum Gasteiger partial charge on any atom is -0.859 e. The van der Waals surface area contributed by atoms with Crippen molar-refractivity contribution in [2.75, 3.05) is 7.11 Å². The van der Waals surface area contributed by atoms with Crippen molar-refractivity contribution < 1.29 is 19.1 Å². The third kappa shape index (κ3) is 5.07. The molecule has 34 heavy (non-hydrogen) atoms. The molecule has 0 saturated heterocycles. The molecule has 0 saturated carbocycles. The van der Waals surface area contributed by atoms with Crippen molar-refractivity contribution in [2.24, 2.45) is 4.99 Å². The molecule has 0 spiro atoms. The molecule has 0 amide bonds. The van der Waals surface area contributed by atoms with Crippen LogP contribution >= 0.6 is 12.4 Å². The largest absolute Gasteiger partial charge is 0.859 e. The zero-order valence-electron chi connectivity index (χ0n) is 18.9. The molecule has 2 heterocycles. The number of imidazole rings is 1. The molecule has 1 aliphatic rings. The van der Waals surface area contributed by atoms with Crippen molar-refractivity contribution >= 4 is 24.0 Å². The van der Waals surface area contributed by atoms with E-state index in [1.165, 1.54) is 0 Å². The number of halogens is 1. The monoisotopic (exact) mass is 475 g/mol. The van der Waals surface area contributed by atoms with Gasteiger partial charge in [-0.15, -0.1) is 12.4 Å². The molecule has 0 aliphatic carbocycles. The Hall–Kier alpha value is -3.77. The summed E-state index contributed by atoms with van der Waals surface area (Å²) < 4.78 is 15.4. The van der Waals surface area contributed by atoms with Gasteiger partial charge in [0, 0.05) is 11.5 Å². The van der Waals surface area contributed by atoms with Gasteiger partial charge in [0.05, 0.1) is 25.8 Å². The second-order valence-corrected chi connectivity index (χ2v) is 7.96. The maximum Gasteiger partial charge on any atom is 0.257 e. The zero-order chi connectivity index (χ0) is 22.6. The van der Waals surface area contributed by atoms with Gasteiger partial charge in [0.2, 0.25) is 0 Å². The van der Waals surface area contributed by atoms with Gasteiger partial charge in [-0.3, -0.25) is 4.99 Å². The Morgan fingerprint density at radius 1 is 0.941 bits per heavy atom. The number of para-hydroxylation sites is 1. The Bertz CT molecular complexity index is 1270. The van der Waals surface area contributed by atoms with Gasteiger partial charge in [-0.1, -0.05) is 18.2 Å². The van der Waals surface area contributed by atoms with Crippen LogP contribution < -0.4 is 19.1 Å². The van der Waals surface area contributed by atoms with Crippen LogP contribution in [0.3, 0.4) is 0 Å². The Balaban J connectivity index is 0.00000274. The standard InChI is InChI=1S/C27H25N3O3.ClH/c1-32-22-13-9-20(10-14-22)25-18-29(27-8-5-17-30(25)27)19-26(31)28-21-11-15-24(16-12-21)33-23-6-3-2-4-7-23;/h2-4,6-7,9-16,18H,5,8,17,19H2,1H3;1H. The van der Waals surface area contributed by atoms with E-state index in [-0.39, 0.29) is 24.8 Å². The quantitative estimate of drug-likeness (QED) is 0.221. The summed E-state index contributed by atoms with van der Waals surface area (Å²) in [6.07, 6.45) is 4.09. The molecule has 4 aromatic rings. The summed E-state index contributed by atoms with van der Waals surface area (Å²) >= 11 is 0. The molecular formula is C27H26ClN3O3. The van der Waals surface area contributed by atoms with E-state index in [0.29, 0.717) is 11.4 Å². The Morgan fingerprint density at radius 2 is 1.62 bits per heavy atom. The first-order valence-corrected chi connectivity index (χ1v) is 11.0. The van der Waals surface area contributed by atoms with Gasteiger partial charge in [-0.05, 0) is 67.1 Å². The number of aromatic nitrogens is 2. The average molecular weight is 476 g/mol. The molecule has 6 nitrogen and oxygen atoms in total. The van der Waals surface area contributed by atoms with Crippen LogP contribution in [0.15, 0.2) is 90.1 Å². The molecule has 0 bridgehead atoms. The fourth-order valence-electron chi connectivity index (χ4n) is 4.18. The van der Waals surface area contributed by atoms with Crippen molar-refractivity contribution in [3.63, 3.8) is 0 Å². The minimum absolute atomic E-state index is 0. The summed E-state index contributed by atoms with van der Waals surface area (Å²) in [7, 11) is 1.66. The number of fused-ring (bicyclic) bond motifs is 1. The zero-order valence-corrected chi connectivity index (χ0v) is 19.7. The summed E-state index contributed by atoms with van der Waals surface area (Å²) in [5.74, 6) is 3.28. The fourth-order valence-corrected chi connectivity index (χ4v) is 4.18. The number of nitrogens with zero attached hydrogens (tertiary/aromatic N) is 3. The highest BCUT2D eigenvalue weighted by Crippen LogP contribution is 2.27. The Morgan fingerprint density at radius 3 is 2.32 bits per heavy atom. The predicted octanol–water partition coefficient (Wildman–Crippen LogP) is 4.70. The minimum atomic E-state index is -0.182. The summed E-state index contributed by atoms with van der Waals surface area (Å²) in [6, 6.07) is 24.9. The topological polar surface area (TPSA) is 62.7 Å². The molecule has 0 radical (unpaired) electrons. The highest BCUT2D eigenvalue weighted by atomic mass is 35.5. The van der Waals surface area contributed by atoms with E-state index in [1.54, 1.807) is 19.2 Å². The van der Waals surface area contributed by atoms with Gasteiger partial charge in [0.1, 0.15) is 30.0 Å². The van der Waals surface area contributed by atoms with Gasteiger partial charge >= 0.3 is 0 Å². The normalized spacial score (nSPS) is 12.7. The predicted molar refractivity (Wildman–Crippen MR) is 132 cm³/mol. The van der Waals surface area contributed by atoms with E-state index in [4.69, 9.17) is 9.47 Å². The molecule has 0 atom stereocenters. The van der Waals surface area contributed by atoms with Crippen LogP contribution in [-0.4, -0.2) is 17.6 Å². The first-order valence-electron chi connectivity index (χ1n) is 11.0. The van der Waals surface area contributed by atoms with Gasteiger partial charge in [0.25, 0.3) is 5.82 Å². The van der Waals surface area contributed by atoms with E-state index >= 15 is 0 Å². The van der Waals surface area contributed by atoms with E-state index in [0.717, 1.165) is 48.0 Å². The van der Waals surface area contributed by atoms with Gasteiger partial charge < -0.3 is 14.6 Å². The smallest absolute Gasteiger partial charge is 0.257 e. The second-order valence-electron chi connectivity index (χ2n) is 7.96. The van der Waals surface area contributed by atoms with E-state index in [9.17, 15) is 5.11 Å². The number of methoxy groups -OCH3 is 1. The maximum absolute atomic E-state index is 12.7.